The van der Waals surface area contributed by atoms with Crippen molar-refractivity contribution in [2.24, 2.45) is 5.92 Å². The smallest absolute Gasteiger partial charge is 0.0687 e. The van der Waals surface area contributed by atoms with Crippen LogP contribution in [0.25, 0.3) is 0 Å². The van der Waals surface area contributed by atoms with Crippen LogP contribution in [0.5, 0.6) is 0 Å². The third kappa shape index (κ3) is 4.69. The summed E-state index contributed by atoms with van der Waals surface area (Å²) < 4.78 is 0. The Morgan fingerprint density at radius 2 is 1.29 bits per heavy atom. The first-order valence-corrected chi connectivity index (χ1v) is 7.67. The number of rotatable bonds is 7. The summed E-state index contributed by atoms with van der Waals surface area (Å²) in [6, 6.07) is 21.1. The highest BCUT2D eigenvalue weighted by Crippen LogP contribution is 2.23. The monoisotopic (exact) mass is 283 g/mol. The zero-order valence-corrected chi connectivity index (χ0v) is 12.9. The van der Waals surface area contributed by atoms with Gasteiger partial charge < -0.3 is 10.4 Å². The average Bonchev–Trinajstić information content (AvgIpc) is 2.53. The van der Waals surface area contributed by atoms with Gasteiger partial charge in [0.1, 0.15) is 0 Å². The third-order valence-corrected chi connectivity index (χ3v) is 3.88. The van der Waals surface area contributed by atoms with Crippen LogP contribution in [0.4, 0.5) is 0 Å². The fourth-order valence-corrected chi connectivity index (χ4v) is 2.41. The molecule has 0 aliphatic carbocycles. The van der Waals surface area contributed by atoms with Crippen LogP contribution < -0.4 is 5.32 Å². The molecule has 2 aromatic carbocycles. The predicted molar refractivity (Wildman–Crippen MR) is 88.4 cm³/mol. The molecule has 0 saturated carbocycles. The van der Waals surface area contributed by atoms with Gasteiger partial charge in [-0.2, -0.15) is 0 Å². The van der Waals surface area contributed by atoms with Gasteiger partial charge in [-0.05, 0) is 17.0 Å². The van der Waals surface area contributed by atoms with Crippen LogP contribution in [0.15, 0.2) is 60.7 Å². The Balaban J connectivity index is 2.07. The van der Waals surface area contributed by atoms with E-state index >= 15 is 0 Å². The van der Waals surface area contributed by atoms with Crippen molar-refractivity contribution in [1.82, 2.24) is 5.32 Å². The van der Waals surface area contributed by atoms with E-state index in [0.717, 1.165) is 6.54 Å². The van der Waals surface area contributed by atoms with Crippen LogP contribution in [0, 0.1) is 5.92 Å². The topological polar surface area (TPSA) is 32.3 Å². The highest BCUT2D eigenvalue weighted by Gasteiger charge is 2.15. The fraction of sp³-hybridized carbons (Fsp3) is 0.368. The quantitative estimate of drug-likeness (QED) is 0.816. The minimum absolute atomic E-state index is 0.282. The maximum absolute atomic E-state index is 9.92. The normalized spacial score (nSPS) is 12.8. The highest BCUT2D eigenvalue weighted by molar-refractivity contribution is 5.32. The Morgan fingerprint density at radius 1 is 0.810 bits per heavy atom. The molecule has 0 bridgehead atoms. The lowest BCUT2D eigenvalue weighted by Gasteiger charge is -2.21. The molecule has 2 nitrogen and oxygen atoms in total. The first-order valence-electron chi connectivity index (χ1n) is 7.67. The minimum Gasteiger partial charge on any atom is -0.392 e. The molecule has 0 aromatic heterocycles. The molecule has 0 amide bonds. The zero-order valence-electron chi connectivity index (χ0n) is 12.9. The second-order valence-corrected chi connectivity index (χ2v) is 5.84. The van der Waals surface area contributed by atoms with Crippen LogP contribution in [0.3, 0.4) is 0 Å². The molecule has 1 unspecified atom stereocenters. The molecule has 21 heavy (non-hydrogen) atoms. The molecule has 1 atom stereocenters. The molecule has 2 rings (SSSR count). The molecule has 2 heteroatoms. The van der Waals surface area contributed by atoms with Crippen LogP contribution in [-0.4, -0.2) is 24.3 Å². The lowest BCUT2D eigenvalue weighted by molar-refractivity contribution is 0.123. The summed E-state index contributed by atoms with van der Waals surface area (Å²) in [7, 11) is 0. The SMILES string of the molecule is CC(C)C(O)CNCC(c1ccccc1)c1ccccc1. The van der Waals surface area contributed by atoms with Gasteiger partial charge in [0.2, 0.25) is 0 Å². The van der Waals surface area contributed by atoms with Crippen molar-refractivity contribution < 1.29 is 5.11 Å². The molecule has 0 radical (unpaired) electrons. The van der Waals surface area contributed by atoms with Crippen molar-refractivity contribution in [3.63, 3.8) is 0 Å². The Hall–Kier alpha value is -1.64. The van der Waals surface area contributed by atoms with Crippen molar-refractivity contribution in [2.45, 2.75) is 25.9 Å². The highest BCUT2D eigenvalue weighted by atomic mass is 16.3. The van der Waals surface area contributed by atoms with Crippen LogP contribution >= 0.6 is 0 Å². The van der Waals surface area contributed by atoms with Crippen molar-refractivity contribution in [3.8, 4) is 0 Å². The Kier molecular flexibility index (Phi) is 5.97. The van der Waals surface area contributed by atoms with Gasteiger partial charge in [-0.25, -0.2) is 0 Å². The molecule has 0 spiro atoms. The first-order chi connectivity index (χ1) is 10.2. The molecule has 0 fully saturated rings. The number of aliphatic hydroxyl groups is 1. The van der Waals surface area contributed by atoms with Gasteiger partial charge in [0.15, 0.2) is 0 Å². The maximum Gasteiger partial charge on any atom is 0.0687 e. The van der Waals surface area contributed by atoms with Crippen molar-refractivity contribution >= 4 is 0 Å². The van der Waals surface area contributed by atoms with E-state index in [0.29, 0.717) is 12.5 Å². The Labute approximate surface area is 127 Å². The lowest BCUT2D eigenvalue weighted by atomic mass is 9.91. The summed E-state index contributed by atoms with van der Waals surface area (Å²) in [6.07, 6.45) is -0.294. The summed E-state index contributed by atoms with van der Waals surface area (Å²) in [5.41, 5.74) is 2.60. The number of aliphatic hydroxyl groups excluding tert-OH is 1. The molecule has 0 aliphatic rings. The average molecular weight is 283 g/mol. The van der Waals surface area contributed by atoms with Gasteiger partial charge in [-0.3, -0.25) is 0 Å². The van der Waals surface area contributed by atoms with E-state index < -0.39 is 0 Å². The van der Waals surface area contributed by atoms with E-state index in [1.165, 1.54) is 11.1 Å². The van der Waals surface area contributed by atoms with E-state index in [9.17, 15) is 5.11 Å². The Bertz CT molecular complexity index is 470. The van der Waals surface area contributed by atoms with Gasteiger partial charge in [-0.15, -0.1) is 0 Å². The van der Waals surface area contributed by atoms with E-state index in [1.807, 2.05) is 26.0 Å². The minimum atomic E-state index is -0.294. The third-order valence-electron chi connectivity index (χ3n) is 3.88. The predicted octanol–water partition coefficient (Wildman–Crippen LogP) is 3.43. The van der Waals surface area contributed by atoms with Crippen molar-refractivity contribution in [1.29, 1.82) is 0 Å². The van der Waals surface area contributed by atoms with Gasteiger partial charge in [0, 0.05) is 19.0 Å². The van der Waals surface area contributed by atoms with Crippen molar-refractivity contribution in [3.05, 3.63) is 71.8 Å². The summed E-state index contributed by atoms with van der Waals surface area (Å²) in [5, 5.41) is 13.3. The van der Waals surface area contributed by atoms with Gasteiger partial charge in [-0.1, -0.05) is 74.5 Å². The molecule has 2 N–H and O–H groups in total. The summed E-state index contributed by atoms with van der Waals surface area (Å²) in [6.45, 7) is 5.54. The largest absolute Gasteiger partial charge is 0.392 e. The zero-order chi connectivity index (χ0) is 15.1. The standard InChI is InChI=1S/C19H25NO/c1-15(2)19(21)14-20-13-18(16-9-5-3-6-10-16)17-11-7-4-8-12-17/h3-12,15,18-21H,13-14H2,1-2H3. The Morgan fingerprint density at radius 3 is 1.71 bits per heavy atom. The van der Waals surface area contributed by atoms with Crippen molar-refractivity contribution in [2.75, 3.05) is 13.1 Å². The number of hydrogen-bond acceptors (Lipinski definition) is 2. The maximum atomic E-state index is 9.92. The number of nitrogens with one attached hydrogen (secondary N) is 1. The van der Waals surface area contributed by atoms with E-state index in [2.05, 4.69) is 53.8 Å². The molecule has 0 heterocycles. The number of benzene rings is 2. The fourth-order valence-electron chi connectivity index (χ4n) is 2.41. The summed E-state index contributed by atoms with van der Waals surface area (Å²) in [5.74, 6) is 0.594. The molecule has 112 valence electrons. The summed E-state index contributed by atoms with van der Waals surface area (Å²) in [4.78, 5) is 0. The lowest BCUT2D eigenvalue weighted by Crippen LogP contribution is -2.33. The van der Waals surface area contributed by atoms with Crippen LogP contribution in [0.2, 0.25) is 0 Å². The second kappa shape index (κ2) is 7.96. The van der Waals surface area contributed by atoms with E-state index in [-0.39, 0.29) is 12.0 Å². The number of hydrogen-bond donors (Lipinski definition) is 2. The van der Waals surface area contributed by atoms with Gasteiger partial charge in [0.05, 0.1) is 6.10 Å². The summed E-state index contributed by atoms with van der Waals surface area (Å²) >= 11 is 0. The molecule has 0 aliphatic heterocycles. The second-order valence-electron chi connectivity index (χ2n) is 5.84. The van der Waals surface area contributed by atoms with Crippen LogP contribution in [0.1, 0.15) is 30.9 Å². The van der Waals surface area contributed by atoms with Gasteiger partial charge >= 0.3 is 0 Å². The molecular formula is C19H25NO. The van der Waals surface area contributed by atoms with E-state index in [4.69, 9.17) is 0 Å². The first kappa shape index (κ1) is 15.7. The molecule has 2 aromatic rings. The van der Waals surface area contributed by atoms with Gasteiger partial charge in [0.25, 0.3) is 0 Å². The van der Waals surface area contributed by atoms with E-state index in [1.54, 1.807) is 0 Å². The van der Waals surface area contributed by atoms with Crippen LogP contribution in [-0.2, 0) is 0 Å². The molecule has 0 saturated heterocycles. The molecular weight excluding hydrogens is 258 g/mol.